The van der Waals surface area contributed by atoms with Crippen LogP contribution in [0.5, 0.6) is 0 Å². The van der Waals surface area contributed by atoms with Gasteiger partial charge >= 0.3 is 6.09 Å². The first kappa shape index (κ1) is 16.5. The second-order valence-corrected chi connectivity index (χ2v) is 6.90. The first-order chi connectivity index (χ1) is 8.74. The van der Waals surface area contributed by atoms with Crippen LogP contribution in [-0.2, 0) is 11.3 Å². The van der Waals surface area contributed by atoms with Gasteiger partial charge in [-0.05, 0) is 45.4 Å². The van der Waals surface area contributed by atoms with Crippen molar-refractivity contribution in [2.45, 2.75) is 39.8 Å². The third kappa shape index (κ3) is 5.15. The predicted molar refractivity (Wildman–Crippen MR) is 84.2 cm³/mol. The first-order valence-corrected chi connectivity index (χ1v) is 7.74. The molecule has 0 N–H and O–H groups in total. The molecule has 0 saturated heterocycles. The maximum absolute atomic E-state index is 12.1. The van der Waals surface area contributed by atoms with Gasteiger partial charge in [-0.25, -0.2) is 4.79 Å². The summed E-state index contributed by atoms with van der Waals surface area (Å²) < 4.78 is 7.35. The molecule has 0 spiro atoms. The Morgan fingerprint density at radius 3 is 2.21 bits per heavy atom. The smallest absolute Gasteiger partial charge is 0.410 e. The zero-order valence-corrected chi connectivity index (χ0v) is 14.8. The molecule has 0 aromatic heterocycles. The fraction of sp³-hybridized carbons (Fsp3) is 0.500. The van der Waals surface area contributed by atoms with E-state index in [2.05, 4.69) is 31.9 Å². The van der Waals surface area contributed by atoms with Gasteiger partial charge in [0.05, 0.1) is 6.54 Å². The normalized spacial score (nSPS) is 11.3. The van der Waals surface area contributed by atoms with Crippen LogP contribution in [0.1, 0.15) is 33.3 Å². The molecular weight excluding hydrogens is 374 g/mol. The average molecular weight is 393 g/mol. The summed E-state index contributed by atoms with van der Waals surface area (Å²) in [5.41, 5.74) is 0.561. The molecule has 0 heterocycles. The molecule has 3 nitrogen and oxygen atoms in total. The lowest BCUT2D eigenvalue weighted by atomic mass is 10.2. The van der Waals surface area contributed by atoms with Crippen LogP contribution in [0.4, 0.5) is 4.79 Å². The highest BCUT2D eigenvalue weighted by molar-refractivity contribution is 9.11. The van der Waals surface area contributed by atoms with E-state index in [1.807, 2.05) is 45.9 Å². The molecule has 1 aromatic carbocycles. The number of carbonyl (C=O) groups is 1. The van der Waals surface area contributed by atoms with Crippen molar-refractivity contribution in [2.75, 3.05) is 6.54 Å². The second-order valence-electron chi connectivity index (χ2n) is 5.19. The zero-order valence-electron chi connectivity index (χ0n) is 11.7. The van der Waals surface area contributed by atoms with E-state index < -0.39 is 5.60 Å². The van der Waals surface area contributed by atoms with Crippen molar-refractivity contribution in [1.82, 2.24) is 4.90 Å². The molecule has 0 atom stereocenters. The van der Waals surface area contributed by atoms with Crippen molar-refractivity contribution in [2.24, 2.45) is 0 Å². The van der Waals surface area contributed by atoms with Gasteiger partial charge in [0.1, 0.15) is 5.60 Å². The third-order valence-corrected chi connectivity index (χ3v) is 3.93. The highest BCUT2D eigenvalue weighted by atomic mass is 79.9. The molecule has 1 rings (SSSR count). The van der Waals surface area contributed by atoms with Crippen LogP contribution in [-0.4, -0.2) is 23.1 Å². The number of hydrogen-bond donors (Lipinski definition) is 0. The Labute approximate surface area is 131 Å². The van der Waals surface area contributed by atoms with Crippen LogP contribution in [0.3, 0.4) is 0 Å². The Bertz CT molecular complexity index is 435. The van der Waals surface area contributed by atoms with Crippen molar-refractivity contribution in [1.29, 1.82) is 0 Å². The topological polar surface area (TPSA) is 29.5 Å². The average Bonchev–Trinajstić information content (AvgIpc) is 2.26. The fourth-order valence-electron chi connectivity index (χ4n) is 1.51. The van der Waals surface area contributed by atoms with Crippen LogP contribution in [0, 0.1) is 0 Å². The minimum absolute atomic E-state index is 0.294. The lowest BCUT2D eigenvalue weighted by molar-refractivity contribution is 0.0244. The van der Waals surface area contributed by atoms with Crippen molar-refractivity contribution < 1.29 is 9.53 Å². The van der Waals surface area contributed by atoms with E-state index in [1.165, 1.54) is 0 Å². The van der Waals surface area contributed by atoms with Gasteiger partial charge in [0, 0.05) is 15.5 Å². The van der Waals surface area contributed by atoms with Gasteiger partial charge in [-0.15, -0.1) is 0 Å². The summed E-state index contributed by atoms with van der Waals surface area (Å²) >= 11 is 7.01. The van der Waals surface area contributed by atoms with Gasteiger partial charge in [-0.3, -0.25) is 0 Å². The van der Waals surface area contributed by atoms with Crippen LogP contribution >= 0.6 is 31.9 Å². The molecule has 1 aromatic rings. The predicted octanol–water partition coefficient (Wildman–Crippen LogP) is 4.97. The lowest BCUT2D eigenvalue weighted by Crippen LogP contribution is -2.36. The van der Waals surface area contributed by atoms with Crippen LogP contribution in [0.25, 0.3) is 0 Å². The molecule has 5 heteroatoms. The lowest BCUT2D eigenvalue weighted by Gasteiger charge is -2.27. The van der Waals surface area contributed by atoms with Crippen molar-refractivity contribution in [3.8, 4) is 0 Å². The Kier molecular flexibility index (Phi) is 5.86. The van der Waals surface area contributed by atoms with Crippen molar-refractivity contribution in [3.63, 3.8) is 0 Å². The summed E-state index contributed by atoms with van der Waals surface area (Å²) in [6, 6.07) is 5.87. The first-order valence-electron chi connectivity index (χ1n) is 6.15. The number of benzene rings is 1. The maximum atomic E-state index is 12.1. The van der Waals surface area contributed by atoms with Gasteiger partial charge < -0.3 is 9.64 Å². The molecular formula is C14H19Br2NO2. The molecule has 0 aliphatic heterocycles. The molecule has 106 valence electrons. The SMILES string of the molecule is CCN(Cc1c(Br)cccc1Br)C(=O)OC(C)(C)C. The van der Waals surface area contributed by atoms with Crippen molar-refractivity contribution >= 4 is 38.0 Å². The summed E-state index contributed by atoms with van der Waals surface area (Å²) in [7, 11) is 0. The Morgan fingerprint density at radius 2 is 1.79 bits per heavy atom. The summed E-state index contributed by atoms with van der Waals surface area (Å²) in [5, 5.41) is 0. The monoisotopic (exact) mass is 391 g/mol. The molecule has 0 radical (unpaired) electrons. The summed E-state index contributed by atoms with van der Waals surface area (Å²) in [5.74, 6) is 0. The third-order valence-electron chi connectivity index (χ3n) is 2.44. The highest BCUT2D eigenvalue weighted by Gasteiger charge is 2.22. The Hall–Kier alpha value is -0.550. The molecule has 1 amide bonds. The molecule has 0 aliphatic carbocycles. The molecule has 0 unspecified atom stereocenters. The molecule has 0 bridgehead atoms. The van der Waals surface area contributed by atoms with E-state index in [0.29, 0.717) is 13.1 Å². The number of amides is 1. The molecule has 0 aliphatic rings. The van der Waals surface area contributed by atoms with Crippen LogP contribution < -0.4 is 0 Å². The number of carbonyl (C=O) groups excluding carboxylic acids is 1. The Balaban J connectivity index is 2.85. The van der Waals surface area contributed by atoms with Crippen LogP contribution in [0.15, 0.2) is 27.1 Å². The van der Waals surface area contributed by atoms with E-state index >= 15 is 0 Å². The van der Waals surface area contributed by atoms with Gasteiger partial charge in [0.15, 0.2) is 0 Å². The largest absolute Gasteiger partial charge is 0.444 e. The van der Waals surface area contributed by atoms with E-state index in [9.17, 15) is 4.79 Å². The minimum atomic E-state index is -0.477. The van der Waals surface area contributed by atoms with Gasteiger partial charge in [0.2, 0.25) is 0 Å². The molecule has 19 heavy (non-hydrogen) atoms. The van der Waals surface area contributed by atoms with Gasteiger partial charge in [-0.2, -0.15) is 0 Å². The molecule has 0 saturated carbocycles. The van der Waals surface area contributed by atoms with E-state index in [0.717, 1.165) is 14.5 Å². The fourth-order valence-corrected chi connectivity index (χ4v) is 2.76. The maximum Gasteiger partial charge on any atom is 0.410 e. The van der Waals surface area contributed by atoms with Gasteiger partial charge in [-0.1, -0.05) is 37.9 Å². The quantitative estimate of drug-likeness (QED) is 0.726. The molecule has 0 fully saturated rings. The summed E-state index contributed by atoms with van der Waals surface area (Å²) in [4.78, 5) is 13.8. The Morgan fingerprint density at radius 1 is 1.26 bits per heavy atom. The van der Waals surface area contributed by atoms with E-state index in [4.69, 9.17) is 4.74 Å². The van der Waals surface area contributed by atoms with Crippen molar-refractivity contribution in [3.05, 3.63) is 32.7 Å². The second kappa shape index (κ2) is 6.75. The van der Waals surface area contributed by atoms with E-state index in [-0.39, 0.29) is 6.09 Å². The number of hydrogen-bond acceptors (Lipinski definition) is 2. The number of rotatable bonds is 3. The zero-order chi connectivity index (χ0) is 14.6. The van der Waals surface area contributed by atoms with Crippen LogP contribution in [0.2, 0.25) is 0 Å². The minimum Gasteiger partial charge on any atom is -0.444 e. The van der Waals surface area contributed by atoms with E-state index in [1.54, 1.807) is 4.90 Å². The summed E-state index contributed by atoms with van der Waals surface area (Å²) in [6.07, 6.45) is -0.294. The van der Waals surface area contributed by atoms with Gasteiger partial charge in [0.25, 0.3) is 0 Å². The number of ether oxygens (including phenoxy) is 1. The standard InChI is InChI=1S/C14H19Br2NO2/c1-5-17(13(18)19-14(2,3)4)9-10-11(15)7-6-8-12(10)16/h6-8H,5,9H2,1-4H3. The number of halogens is 2. The summed E-state index contributed by atoms with van der Waals surface area (Å²) in [6.45, 7) is 8.65. The highest BCUT2D eigenvalue weighted by Crippen LogP contribution is 2.27. The number of nitrogens with zero attached hydrogens (tertiary/aromatic N) is 1.